The lowest BCUT2D eigenvalue weighted by Gasteiger charge is -2.19. The largest absolute Gasteiger partial charge is 0.353 e. The van der Waals surface area contributed by atoms with Gasteiger partial charge in [0.1, 0.15) is 4.90 Å². The molecule has 24 heavy (non-hydrogen) atoms. The fourth-order valence-electron chi connectivity index (χ4n) is 2.63. The molecule has 0 radical (unpaired) electrons. The van der Waals surface area contributed by atoms with Crippen molar-refractivity contribution < 1.29 is 13.2 Å². The van der Waals surface area contributed by atoms with Crippen LogP contribution in [0.3, 0.4) is 0 Å². The highest BCUT2D eigenvalue weighted by Crippen LogP contribution is 2.31. The fraction of sp³-hybridized carbons (Fsp3) is 0.467. The third kappa shape index (κ3) is 3.88. The number of halogens is 1. The van der Waals surface area contributed by atoms with Gasteiger partial charge in [-0.2, -0.15) is 8.42 Å². The lowest BCUT2D eigenvalue weighted by atomic mass is 10.2. The van der Waals surface area contributed by atoms with Crippen molar-refractivity contribution in [1.82, 2.24) is 10.2 Å². The zero-order valence-corrected chi connectivity index (χ0v) is 14.9. The van der Waals surface area contributed by atoms with Crippen LogP contribution in [0, 0.1) is 5.92 Å². The summed E-state index contributed by atoms with van der Waals surface area (Å²) >= 11 is 0. The second kappa shape index (κ2) is 7.08. The van der Waals surface area contributed by atoms with Gasteiger partial charge in [0.15, 0.2) is 5.84 Å². The van der Waals surface area contributed by atoms with Crippen molar-refractivity contribution in [2.45, 2.75) is 23.8 Å². The van der Waals surface area contributed by atoms with E-state index in [1.807, 2.05) is 0 Å². The molecule has 0 bridgehead atoms. The zero-order chi connectivity index (χ0) is 16.6. The van der Waals surface area contributed by atoms with E-state index < -0.39 is 10.0 Å². The van der Waals surface area contributed by atoms with Crippen LogP contribution in [0.1, 0.15) is 18.4 Å². The number of amidine groups is 1. The van der Waals surface area contributed by atoms with Crippen molar-refractivity contribution in [2.24, 2.45) is 16.0 Å². The number of rotatable bonds is 5. The lowest BCUT2D eigenvalue weighted by Crippen LogP contribution is -2.43. The second-order valence-corrected chi connectivity index (χ2v) is 7.62. The SMILES string of the molecule is CN(CC(=O)NCC(N)C1CC1)C1=NS(=O)(=O)c2ccccc21.Cl. The molecule has 1 saturated carbocycles. The topological polar surface area (TPSA) is 105 Å². The number of nitrogens with one attached hydrogen (secondary N) is 1. The molecule has 0 saturated heterocycles. The maximum Gasteiger partial charge on any atom is 0.285 e. The van der Waals surface area contributed by atoms with Gasteiger partial charge < -0.3 is 16.0 Å². The molecule has 7 nitrogen and oxygen atoms in total. The van der Waals surface area contributed by atoms with Crippen LogP contribution in [-0.4, -0.2) is 51.2 Å². The number of nitrogens with zero attached hydrogens (tertiary/aromatic N) is 2. The summed E-state index contributed by atoms with van der Waals surface area (Å²) < 4.78 is 27.8. The summed E-state index contributed by atoms with van der Waals surface area (Å²) in [6.07, 6.45) is 2.25. The van der Waals surface area contributed by atoms with Crippen LogP contribution >= 0.6 is 12.4 Å². The number of hydrogen-bond acceptors (Lipinski definition) is 5. The molecule has 1 fully saturated rings. The first-order chi connectivity index (χ1) is 10.9. The zero-order valence-electron chi connectivity index (χ0n) is 13.3. The molecule has 1 aromatic carbocycles. The summed E-state index contributed by atoms with van der Waals surface area (Å²) in [6.45, 7) is 0.471. The molecule has 0 spiro atoms. The molecule has 9 heteroatoms. The third-order valence-corrected chi connectivity index (χ3v) is 5.44. The molecular weight excluding hydrogens is 352 g/mol. The Bertz CT molecular complexity index is 762. The van der Waals surface area contributed by atoms with E-state index in [0.29, 0.717) is 23.9 Å². The highest BCUT2D eigenvalue weighted by molar-refractivity contribution is 7.90. The molecule has 132 valence electrons. The average molecular weight is 373 g/mol. The van der Waals surface area contributed by atoms with Crippen LogP contribution in [0.2, 0.25) is 0 Å². The predicted molar refractivity (Wildman–Crippen MR) is 93.8 cm³/mol. The minimum Gasteiger partial charge on any atom is -0.353 e. The van der Waals surface area contributed by atoms with Gasteiger partial charge in [0, 0.05) is 25.2 Å². The Morgan fingerprint density at radius 3 is 2.75 bits per heavy atom. The maximum absolute atomic E-state index is 12.0. The average Bonchev–Trinajstić information content (AvgIpc) is 3.31. The van der Waals surface area contributed by atoms with Gasteiger partial charge in [0.2, 0.25) is 5.91 Å². The van der Waals surface area contributed by atoms with Gasteiger partial charge in [-0.3, -0.25) is 4.79 Å². The van der Waals surface area contributed by atoms with Crippen molar-refractivity contribution in [3.8, 4) is 0 Å². The van der Waals surface area contributed by atoms with Gasteiger partial charge >= 0.3 is 0 Å². The van der Waals surface area contributed by atoms with Crippen LogP contribution in [0.5, 0.6) is 0 Å². The first-order valence-corrected chi connectivity index (χ1v) is 9.00. The van der Waals surface area contributed by atoms with E-state index in [4.69, 9.17) is 5.73 Å². The first-order valence-electron chi connectivity index (χ1n) is 7.56. The third-order valence-electron chi connectivity index (χ3n) is 4.12. The molecule has 0 aromatic heterocycles. The summed E-state index contributed by atoms with van der Waals surface area (Å²) in [6, 6.07) is 6.60. The Labute approximate surface area is 147 Å². The Morgan fingerprint density at radius 1 is 1.42 bits per heavy atom. The van der Waals surface area contributed by atoms with Crippen molar-refractivity contribution >= 4 is 34.2 Å². The van der Waals surface area contributed by atoms with Crippen LogP contribution in [0.15, 0.2) is 33.6 Å². The molecule has 1 aromatic rings. The molecule has 1 unspecified atom stereocenters. The Balaban J connectivity index is 0.00000208. The molecular formula is C15H21ClN4O3S. The number of carbonyl (C=O) groups excluding carboxylic acids is 1. The molecule has 2 aliphatic rings. The van der Waals surface area contributed by atoms with Gasteiger partial charge in [-0.05, 0) is 30.9 Å². The van der Waals surface area contributed by atoms with Crippen molar-refractivity contribution in [3.63, 3.8) is 0 Å². The van der Waals surface area contributed by atoms with Gasteiger partial charge in [0.05, 0.1) is 6.54 Å². The van der Waals surface area contributed by atoms with E-state index in [1.54, 1.807) is 30.1 Å². The van der Waals surface area contributed by atoms with Crippen LogP contribution in [-0.2, 0) is 14.8 Å². The summed E-state index contributed by atoms with van der Waals surface area (Å²) in [5.74, 6) is 0.611. The monoisotopic (exact) mass is 372 g/mol. The second-order valence-electron chi connectivity index (χ2n) is 6.05. The fourth-order valence-corrected chi connectivity index (χ4v) is 3.88. The maximum atomic E-state index is 12.0. The molecule has 3 rings (SSSR count). The number of nitrogens with two attached hydrogens (primary N) is 1. The highest BCUT2D eigenvalue weighted by Gasteiger charge is 2.31. The predicted octanol–water partition coefficient (Wildman–Crippen LogP) is 0.343. The van der Waals surface area contributed by atoms with E-state index in [2.05, 4.69) is 9.71 Å². The number of carbonyl (C=O) groups is 1. The normalized spacial score (nSPS) is 18.8. The number of hydrogen-bond donors (Lipinski definition) is 2. The molecule has 1 atom stereocenters. The van der Waals surface area contributed by atoms with Crippen LogP contribution in [0.25, 0.3) is 0 Å². The lowest BCUT2D eigenvalue weighted by molar-refractivity contribution is -0.121. The van der Waals surface area contributed by atoms with Gasteiger partial charge in [0.25, 0.3) is 10.0 Å². The van der Waals surface area contributed by atoms with E-state index >= 15 is 0 Å². The number of likely N-dealkylation sites (N-methyl/N-ethyl adjacent to an activating group) is 1. The van der Waals surface area contributed by atoms with Crippen LogP contribution < -0.4 is 11.1 Å². The molecule has 1 aliphatic heterocycles. The molecule has 1 heterocycles. The number of benzene rings is 1. The van der Waals surface area contributed by atoms with Crippen molar-refractivity contribution in [3.05, 3.63) is 29.8 Å². The highest BCUT2D eigenvalue weighted by atomic mass is 35.5. The Hall–Kier alpha value is -1.64. The number of amides is 1. The summed E-state index contributed by atoms with van der Waals surface area (Å²) in [4.78, 5) is 13.7. The van der Waals surface area contributed by atoms with Crippen molar-refractivity contribution in [2.75, 3.05) is 20.1 Å². The standard InChI is InChI=1S/C15H20N4O3S.ClH/c1-19(9-14(20)17-8-12(16)10-6-7-10)15-11-4-2-3-5-13(11)23(21,22)18-15;/h2-5,10,12H,6-9,16H2,1H3,(H,17,20);1H. The quantitative estimate of drug-likeness (QED) is 0.775. The van der Waals surface area contributed by atoms with E-state index in [-0.39, 0.29) is 35.8 Å². The first kappa shape index (κ1) is 18.7. The number of fused-ring (bicyclic) bond motifs is 1. The van der Waals surface area contributed by atoms with Crippen molar-refractivity contribution in [1.29, 1.82) is 0 Å². The Kier molecular flexibility index (Phi) is 5.52. The van der Waals surface area contributed by atoms with Gasteiger partial charge in [-0.1, -0.05) is 12.1 Å². The summed E-state index contributed by atoms with van der Waals surface area (Å²) in [5.41, 5.74) is 6.47. The molecule has 1 amide bonds. The van der Waals surface area contributed by atoms with Gasteiger partial charge in [-0.25, -0.2) is 0 Å². The van der Waals surface area contributed by atoms with E-state index in [1.165, 1.54) is 6.07 Å². The molecule has 1 aliphatic carbocycles. The number of sulfonamides is 1. The van der Waals surface area contributed by atoms with E-state index in [0.717, 1.165) is 12.8 Å². The van der Waals surface area contributed by atoms with Crippen LogP contribution in [0.4, 0.5) is 0 Å². The molecule has 3 N–H and O–H groups in total. The Morgan fingerprint density at radius 2 is 2.08 bits per heavy atom. The summed E-state index contributed by atoms with van der Waals surface area (Å²) in [7, 11) is -2.02. The smallest absolute Gasteiger partial charge is 0.285 e. The van der Waals surface area contributed by atoms with E-state index in [9.17, 15) is 13.2 Å². The van der Waals surface area contributed by atoms with Gasteiger partial charge in [-0.15, -0.1) is 16.8 Å². The minimum atomic E-state index is -3.67. The minimum absolute atomic E-state index is 0. The summed E-state index contributed by atoms with van der Waals surface area (Å²) in [5, 5.41) is 2.79.